The third kappa shape index (κ3) is 13.4. The monoisotopic (exact) mass is 658 g/mol. The molecular weight excluding hydrogens is 608 g/mol. The number of nitrogen functional groups attached to an aromatic ring is 1. The highest BCUT2D eigenvalue weighted by atomic mass is 16.5. The number of amides is 1. The van der Waals surface area contributed by atoms with Crippen molar-refractivity contribution in [3.63, 3.8) is 0 Å². The average Bonchev–Trinajstić information content (AvgIpc) is 3.09. The van der Waals surface area contributed by atoms with E-state index >= 15 is 0 Å². The normalized spacial score (nSPS) is 10.6. The smallest absolute Gasteiger partial charge is 0.412 e. The standard InChI is InChI=1S/C24H29NO3.C19H21NO/c1-5-6-7-8-9-18-28-22-16-12-20(13-17-22)19-10-14-21(15-11-19)25(23(26)27)24(2,3)4;1-2-3-4-5-6-15-21-19-13-9-17(10-14-19)16-7-11-18(20)12-8-16/h1,10-17H,6-9,18H2,2-4H3,(H,26,27);1,7-14H,3-6,15,20H2. The van der Waals surface area contributed by atoms with Crippen LogP contribution < -0.4 is 20.1 Å². The van der Waals surface area contributed by atoms with Gasteiger partial charge in [0.05, 0.1) is 13.2 Å². The van der Waals surface area contributed by atoms with Crippen LogP contribution in [-0.2, 0) is 0 Å². The molecule has 6 heteroatoms. The van der Waals surface area contributed by atoms with E-state index in [-0.39, 0.29) is 0 Å². The molecule has 4 aromatic rings. The fourth-order valence-corrected chi connectivity index (χ4v) is 5.14. The van der Waals surface area contributed by atoms with Crippen LogP contribution in [0.2, 0.25) is 0 Å². The molecule has 0 unspecified atom stereocenters. The predicted molar refractivity (Wildman–Crippen MR) is 204 cm³/mol. The summed E-state index contributed by atoms with van der Waals surface area (Å²) in [4.78, 5) is 13.0. The lowest BCUT2D eigenvalue weighted by atomic mass is 10.0. The van der Waals surface area contributed by atoms with Gasteiger partial charge in [-0.1, -0.05) is 48.5 Å². The van der Waals surface area contributed by atoms with Gasteiger partial charge in [0.1, 0.15) is 11.5 Å². The van der Waals surface area contributed by atoms with Gasteiger partial charge in [0.2, 0.25) is 0 Å². The summed E-state index contributed by atoms with van der Waals surface area (Å²) in [6.07, 6.45) is 17.6. The van der Waals surface area contributed by atoms with Gasteiger partial charge in [-0.2, -0.15) is 0 Å². The Hall–Kier alpha value is -5.33. The van der Waals surface area contributed by atoms with E-state index in [1.807, 2.05) is 106 Å². The number of unbranched alkanes of at least 4 members (excludes halogenated alkanes) is 6. The zero-order valence-electron chi connectivity index (χ0n) is 29.2. The Morgan fingerprint density at radius 1 is 0.633 bits per heavy atom. The van der Waals surface area contributed by atoms with Gasteiger partial charge in [-0.05, 0) is 130 Å². The van der Waals surface area contributed by atoms with Crippen molar-refractivity contribution in [2.75, 3.05) is 23.8 Å². The number of terminal acetylenes is 2. The molecule has 0 saturated heterocycles. The molecule has 3 N–H and O–H groups in total. The van der Waals surface area contributed by atoms with Gasteiger partial charge in [0.15, 0.2) is 0 Å². The summed E-state index contributed by atoms with van der Waals surface area (Å²) >= 11 is 0. The Bertz CT molecular complexity index is 1620. The van der Waals surface area contributed by atoms with Crippen molar-refractivity contribution in [3.8, 4) is 58.4 Å². The molecule has 0 aliphatic carbocycles. The Labute approximate surface area is 293 Å². The molecule has 4 rings (SSSR count). The fraction of sp³-hybridized carbons (Fsp3) is 0.326. The highest BCUT2D eigenvalue weighted by Crippen LogP contribution is 2.29. The summed E-state index contributed by atoms with van der Waals surface area (Å²) in [5.41, 5.74) is 11.0. The number of benzene rings is 4. The third-order valence-electron chi connectivity index (χ3n) is 7.74. The highest BCUT2D eigenvalue weighted by Gasteiger charge is 2.27. The van der Waals surface area contributed by atoms with Crippen LogP contribution in [0.5, 0.6) is 11.5 Å². The van der Waals surface area contributed by atoms with Crippen molar-refractivity contribution < 1.29 is 19.4 Å². The van der Waals surface area contributed by atoms with E-state index in [0.717, 1.165) is 97.4 Å². The Balaban J connectivity index is 0.000000276. The van der Waals surface area contributed by atoms with Crippen molar-refractivity contribution in [2.24, 2.45) is 0 Å². The molecule has 0 atom stereocenters. The second kappa shape index (κ2) is 20.1. The zero-order chi connectivity index (χ0) is 35.5. The SMILES string of the molecule is C#CCCCCCOc1ccc(-c2ccc(N(C(=O)O)C(C)(C)C)cc2)cc1.C#CCCCCCOc1ccc(-c2ccc(N)cc2)cc1. The molecule has 256 valence electrons. The zero-order valence-corrected chi connectivity index (χ0v) is 29.2. The third-order valence-corrected chi connectivity index (χ3v) is 7.74. The van der Waals surface area contributed by atoms with Gasteiger partial charge in [0, 0.05) is 29.8 Å². The van der Waals surface area contributed by atoms with Gasteiger partial charge in [-0.25, -0.2) is 4.79 Å². The summed E-state index contributed by atoms with van der Waals surface area (Å²) in [5.74, 6) is 7.06. The van der Waals surface area contributed by atoms with Gasteiger partial charge in [0.25, 0.3) is 0 Å². The van der Waals surface area contributed by atoms with Crippen molar-refractivity contribution >= 4 is 17.5 Å². The molecule has 0 aliphatic heterocycles. The molecule has 6 nitrogen and oxygen atoms in total. The average molecular weight is 659 g/mol. The van der Waals surface area contributed by atoms with Crippen molar-refractivity contribution in [3.05, 3.63) is 97.1 Å². The summed E-state index contributed by atoms with van der Waals surface area (Å²) in [7, 11) is 0. The molecule has 0 aromatic heterocycles. The van der Waals surface area contributed by atoms with Gasteiger partial charge in [-0.15, -0.1) is 24.7 Å². The molecule has 0 spiro atoms. The van der Waals surface area contributed by atoms with Crippen LogP contribution >= 0.6 is 0 Å². The van der Waals surface area contributed by atoms with Crippen LogP contribution in [0.1, 0.15) is 72.1 Å². The number of hydrogen-bond donors (Lipinski definition) is 2. The Morgan fingerprint density at radius 3 is 1.35 bits per heavy atom. The van der Waals surface area contributed by atoms with Crippen LogP contribution in [0, 0.1) is 24.7 Å². The molecule has 4 aromatic carbocycles. The first-order valence-electron chi connectivity index (χ1n) is 16.9. The van der Waals surface area contributed by atoms with Gasteiger partial charge < -0.3 is 20.3 Å². The van der Waals surface area contributed by atoms with Crippen LogP contribution in [0.25, 0.3) is 22.3 Å². The van der Waals surface area contributed by atoms with Crippen LogP contribution in [0.3, 0.4) is 0 Å². The van der Waals surface area contributed by atoms with Gasteiger partial charge >= 0.3 is 6.09 Å². The molecule has 49 heavy (non-hydrogen) atoms. The second-order valence-electron chi connectivity index (χ2n) is 12.7. The largest absolute Gasteiger partial charge is 0.494 e. The number of nitrogens with two attached hydrogens (primary N) is 1. The van der Waals surface area contributed by atoms with Crippen LogP contribution in [0.15, 0.2) is 97.1 Å². The minimum atomic E-state index is -0.957. The van der Waals surface area contributed by atoms with Crippen molar-refractivity contribution in [1.29, 1.82) is 0 Å². The number of nitrogens with zero attached hydrogens (tertiary/aromatic N) is 1. The Morgan fingerprint density at radius 2 is 1.00 bits per heavy atom. The van der Waals surface area contributed by atoms with E-state index < -0.39 is 11.6 Å². The number of ether oxygens (including phenoxy) is 2. The van der Waals surface area contributed by atoms with Crippen molar-refractivity contribution in [2.45, 2.75) is 77.7 Å². The topological polar surface area (TPSA) is 85.0 Å². The maximum Gasteiger partial charge on any atom is 0.412 e. The maximum absolute atomic E-state index is 11.6. The number of anilines is 2. The van der Waals surface area contributed by atoms with E-state index in [2.05, 4.69) is 24.0 Å². The molecule has 0 radical (unpaired) electrons. The van der Waals surface area contributed by atoms with Crippen molar-refractivity contribution in [1.82, 2.24) is 0 Å². The highest BCUT2D eigenvalue weighted by molar-refractivity contribution is 5.88. The number of hydrogen-bond acceptors (Lipinski definition) is 4. The molecule has 0 heterocycles. The Kier molecular flexibility index (Phi) is 15.7. The predicted octanol–water partition coefficient (Wildman–Crippen LogP) is 10.7. The van der Waals surface area contributed by atoms with Crippen LogP contribution in [0.4, 0.5) is 16.2 Å². The summed E-state index contributed by atoms with van der Waals surface area (Å²) < 4.78 is 11.5. The van der Waals surface area contributed by atoms with Gasteiger partial charge in [-0.3, -0.25) is 4.90 Å². The quantitative estimate of drug-likeness (QED) is 0.0754. The molecule has 0 saturated carbocycles. The number of carboxylic acid groups (broad SMARTS) is 1. The van der Waals surface area contributed by atoms with E-state index in [1.165, 1.54) is 4.90 Å². The first-order chi connectivity index (χ1) is 23.6. The lowest BCUT2D eigenvalue weighted by Gasteiger charge is -2.33. The summed E-state index contributed by atoms with van der Waals surface area (Å²) in [5, 5.41) is 9.51. The first kappa shape index (κ1) is 38.1. The summed E-state index contributed by atoms with van der Waals surface area (Å²) in [6, 6.07) is 31.6. The first-order valence-corrected chi connectivity index (χ1v) is 16.9. The number of carbonyl (C=O) groups is 1. The molecule has 0 bridgehead atoms. The fourth-order valence-electron chi connectivity index (χ4n) is 5.14. The van der Waals surface area contributed by atoms with Crippen LogP contribution in [-0.4, -0.2) is 30.0 Å². The molecule has 0 fully saturated rings. The van der Waals surface area contributed by atoms with E-state index in [1.54, 1.807) is 0 Å². The maximum atomic E-state index is 11.6. The van der Waals surface area contributed by atoms with E-state index in [4.69, 9.17) is 28.1 Å². The van der Waals surface area contributed by atoms with E-state index in [9.17, 15) is 9.90 Å². The number of rotatable bonds is 15. The minimum Gasteiger partial charge on any atom is -0.494 e. The molecule has 0 aliphatic rings. The van der Waals surface area contributed by atoms with E-state index in [0.29, 0.717) is 12.3 Å². The molecule has 1 amide bonds. The summed E-state index contributed by atoms with van der Waals surface area (Å²) in [6.45, 7) is 7.07. The minimum absolute atomic E-state index is 0.507. The second-order valence-corrected chi connectivity index (χ2v) is 12.7. The molecular formula is C43H50N2O4. The lowest BCUT2D eigenvalue weighted by Crippen LogP contribution is -2.45. The lowest BCUT2D eigenvalue weighted by molar-refractivity contribution is 0.195.